The summed E-state index contributed by atoms with van der Waals surface area (Å²) in [6.45, 7) is 0. The van der Waals surface area contributed by atoms with Crippen molar-refractivity contribution in [1.29, 1.82) is 0 Å². The molecule has 3 N–H and O–H groups in total. The number of sulfonamides is 1. The van der Waals surface area contributed by atoms with E-state index < -0.39 is 26.6 Å². The normalized spacial score (nSPS) is 11.2. The summed E-state index contributed by atoms with van der Waals surface area (Å²) < 4.78 is 26.7. The van der Waals surface area contributed by atoms with Crippen molar-refractivity contribution in [2.45, 2.75) is 5.03 Å². The molecule has 2 heterocycles. The molecule has 2 aromatic heterocycles. The number of carboxylic acids is 1. The van der Waals surface area contributed by atoms with Crippen molar-refractivity contribution in [2.75, 3.05) is 4.72 Å². The van der Waals surface area contributed by atoms with Crippen LogP contribution in [0.4, 0.5) is 5.82 Å². The number of aromatic amines is 1. The van der Waals surface area contributed by atoms with Gasteiger partial charge in [-0.1, -0.05) is 0 Å². The van der Waals surface area contributed by atoms with Crippen LogP contribution >= 0.6 is 15.9 Å². The number of hydrogen-bond acceptors (Lipinski definition) is 5. The van der Waals surface area contributed by atoms with Crippen LogP contribution in [0.2, 0.25) is 0 Å². The fraction of sp³-hybridized carbons (Fsp3) is 0. The number of carboxylic acid groups (broad SMARTS) is 1. The molecule has 2 rings (SSSR count). The first-order valence-corrected chi connectivity index (χ1v) is 7.09. The van der Waals surface area contributed by atoms with Gasteiger partial charge in [-0.3, -0.25) is 9.82 Å². The van der Waals surface area contributed by atoms with E-state index in [9.17, 15) is 13.2 Å². The summed E-state index contributed by atoms with van der Waals surface area (Å²) in [5.74, 6) is -1.34. The number of hydrogen-bond donors (Lipinski definition) is 3. The molecule has 0 unspecified atom stereocenters. The van der Waals surface area contributed by atoms with Crippen molar-refractivity contribution in [1.82, 2.24) is 15.2 Å². The van der Waals surface area contributed by atoms with E-state index in [0.717, 1.165) is 6.20 Å². The zero-order valence-electron chi connectivity index (χ0n) is 9.16. The molecule has 19 heavy (non-hydrogen) atoms. The Kier molecular flexibility index (Phi) is 3.53. The summed E-state index contributed by atoms with van der Waals surface area (Å²) in [5, 5.41) is 13.9. The van der Waals surface area contributed by atoms with Crippen LogP contribution in [-0.4, -0.2) is 34.7 Å². The maximum atomic E-state index is 12.0. The number of pyridine rings is 1. The Morgan fingerprint density at radius 2 is 2.21 bits per heavy atom. The molecule has 0 aromatic carbocycles. The first-order valence-electron chi connectivity index (χ1n) is 4.82. The number of nitrogens with zero attached hydrogens (tertiary/aromatic N) is 2. The van der Waals surface area contributed by atoms with Gasteiger partial charge in [0.25, 0.3) is 10.0 Å². The third-order valence-corrected chi connectivity index (χ3v) is 4.04. The average Bonchev–Trinajstić information content (AvgIpc) is 2.82. The lowest BCUT2D eigenvalue weighted by Gasteiger charge is -2.07. The lowest BCUT2D eigenvalue weighted by atomic mass is 10.4. The number of nitrogens with one attached hydrogen (secondary N) is 2. The van der Waals surface area contributed by atoms with Crippen molar-refractivity contribution in [3.05, 3.63) is 34.6 Å². The van der Waals surface area contributed by atoms with Gasteiger partial charge in [0.15, 0.2) is 10.8 Å². The van der Waals surface area contributed by atoms with E-state index >= 15 is 0 Å². The average molecular weight is 347 g/mol. The predicted molar refractivity (Wildman–Crippen MR) is 68.3 cm³/mol. The number of aromatic nitrogens is 3. The highest BCUT2D eigenvalue weighted by molar-refractivity contribution is 9.10. The molecule has 10 heteroatoms. The van der Waals surface area contributed by atoms with Gasteiger partial charge in [0.1, 0.15) is 5.56 Å². The molecule has 0 aliphatic rings. The zero-order valence-corrected chi connectivity index (χ0v) is 11.6. The first-order chi connectivity index (χ1) is 8.92. The van der Waals surface area contributed by atoms with E-state index in [0.29, 0.717) is 4.47 Å². The van der Waals surface area contributed by atoms with Crippen molar-refractivity contribution in [3.63, 3.8) is 0 Å². The first kappa shape index (κ1) is 13.5. The molecule has 0 amide bonds. The zero-order chi connectivity index (χ0) is 14.0. The molecular weight excluding hydrogens is 340 g/mol. The largest absolute Gasteiger partial charge is 0.478 e. The van der Waals surface area contributed by atoms with Gasteiger partial charge in [-0.2, -0.15) is 13.5 Å². The number of H-pyrrole nitrogens is 1. The minimum Gasteiger partial charge on any atom is -0.478 e. The van der Waals surface area contributed by atoms with Crippen molar-refractivity contribution in [2.24, 2.45) is 0 Å². The second-order valence-electron chi connectivity index (χ2n) is 3.36. The molecule has 0 saturated carbocycles. The summed E-state index contributed by atoms with van der Waals surface area (Å²) in [7, 11) is -4.11. The van der Waals surface area contributed by atoms with Crippen LogP contribution in [0.15, 0.2) is 34.0 Å². The van der Waals surface area contributed by atoms with E-state index in [4.69, 9.17) is 5.11 Å². The molecule has 0 aliphatic heterocycles. The summed E-state index contributed by atoms with van der Waals surface area (Å²) in [4.78, 5) is 14.7. The van der Waals surface area contributed by atoms with Crippen LogP contribution in [0.5, 0.6) is 0 Å². The highest BCUT2D eigenvalue weighted by Gasteiger charge is 2.25. The van der Waals surface area contributed by atoms with Crippen LogP contribution < -0.4 is 4.72 Å². The Morgan fingerprint density at radius 3 is 2.84 bits per heavy atom. The Balaban J connectivity index is 2.41. The van der Waals surface area contributed by atoms with Crippen molar-refractivity contribution >= 4 is 37.7 Å². The number of carbonyl (C=O) groups is 1. The van der Waals surface area contributed by atoms with E-state index in [-0.39, 0.29) is 5.82 Å². The van der Waals surface area contributed by atoms with Crippen LogP contribution in [-0.2, 0) is 10.0 Å². The molecule has 0 radical (unpaired) electrons. The van der Waals surface area contributed by atoms with E-state index in [1.807, 2.05) is 0 Å². The van der Waals surface area contributed by atoms with Crippen LogP contribution in [0.1, 0.15) is 10.4 Å². The Bertz CT molecular complexity index is 727. The van der Waals surface area contributed by atoms with Gasteiger partial charge >= 0.3 is 5.97 Å². The van der Waals surface area contributed by atoms with Crippen LogP contribution in [0.3, 0.4) is 0 Å². The Morgan fingerprint density at radius 1 is 1.47 bits per heavy atom. The van der Waals surface area contributed by atoms with Gasteiger partial charge in [-0.15, -0.1) is 0 Å². The molecule has 0 fully saturated rings. The van der Waals surface area contributed by atoms with E-state index in [2.05, 4.69) is 35.8 Å². The second kappa shape index (κ2) is 4.97. The summed E-state index contributed by atoms with van der Waals surface area (Å²) in [5.41, 5.74) is -0.445. The van der Waals surface area contributed by atoms with Gasteiger partial charge in [-0.05, 0) is 28.1 Å². The maximum Gasteiger partial charge on any atom is 0.340 e. The van der Waals surface area contributed by atoms with Gasteiger partial charge < -0.3 is 5.11 Å². The standard InChI is InChI=1S/C9H7BrN4O4S/c10-6-2-1-3-11-7(6)14-19(17,18)8-5(9(15)16)4-12-13-8/h1-4H,(H,11,14)(H,12,13)(H,15,16). The summed E-state index contributed by atoms with van der Waals surface area (Å²) in [6.07, 6.45) is 2.32. The summed E-state index contributed by atoms with van der Waals surface area (Å²) in [6, 6.07) is 3.21. The second-order valence-corrected chi connectivity index (χ2v) is 5.83. The number of rotatable bonds is 4. The van der Waals surface area contributed by atoms with E-state index in [1.54, 1.807) is 12.1 Å². The fourth-order valence-corrected chi connectivity index (χ4v) is 2.88. The third-order valence-electron chi connectivity index (χ3n) is 2.09. The predicted octanol–water partition coefficient (Wildman–Crippen LogP) is 1.07. The smallest absolute Gasteiger partial charge is 0.340 e. The molecule has 0 saturated heterocycles. The highest BCUT2D eigenvalue weighted by atomic mass is 79.9. The van der Waals surface area contributed by atoms with Crippen LogP contribution in [0.25, 0.3) is 0 Å². The molecule has 2 aromatic rings. The molecule has 0 bridgehead atoms. The fourth-order valence-electron chi connectivity index (χ4n) is 1.27. The lowest BCUT2D eigenvalue weighted by molar-refractivity contribution is 0.0692. The minimum atomic E-state index is -4.11. The van der Waals surface area contributed by atoms with Gasteiger partial charge in [0.2, 0.25) is 0 Å². The quantitative estimate of drug-likeness (QED) is 0.760. The number of aromatic carboxylic acids is 1. The van der Waals surface area contributed by atoms with Crippen molar-refractivity contribution < 1.29 is 18.3 Å². The molecule has 0 aliphatic carbocycles. The topological polar surface area (TPSA) is 125 Å². The molecule has 0 spiro atoms. The molecule has 0 atom stereocenters. The maximum absolute atomic E-state index is 12.0. The van der Waals surface area contributed by atoms with Crippen molar-refractivity contribution in [3.8, 4) is 0 Å². The molecule has 100 valence electrons. The summed E-state index contributed by atoms with van der Waals surface area (Å²) >= 11 is 3.13. The highest BCUT2D eigenvalue weighted by Crippen LogP contribution is 2.22. The Labute approximate surface area is 116 Å². The van der Waals surface area contributed by atoms with Gasteiger partial charge in [0.05, 0.1) is 10.7 Å². The van der Waals surface area contributed by atoms with Gasteiger partial charge in [0, 0.05) is 6.20 Å². The number of halogens is 1. The third kappa shape index (κ3) is 2.74. The minimum absolute atomic E-state index is 0.0495. The Hall–Kier alpha value is -1.94. The molecular formula is C9H7BrN4O4S. The number of anilines is 1. The van der Waals surface area contributed by atoms with Gasteiger partial charge in [-0.25, -0.2) is 9.78 Å². The monoisotopic (exact) mass is 346 g/mol. The van der Waals surface area contributed by atoms with Crippen LogP contribution in [0, 0.1) is 0 Å². The molecule has 8 nitrogen and oxygen atoms in total. The lowest BCUT2D eigenvalue weighted by Crippen LogP contribution is -2.17. The SMILES string of the molecule is O=C(O)c1cn[nH]c1S(=O)(=O)Nc1ncccc1Br. The van der Waals surface area contributed by atoms with E-state index in [1.165, 1.54) is 6.20 Å².